The minimum absolute atomic E-state index is 0.0445. The van der Waals surface area contributed by atoms with Crippen molar-refractivity contribution in [3.05, 3.63) is 69.8 Å². The molecule has 9 heteroatoms. The zero-order chi connectivity index (χ0) is 22.1. The number of amides is 1. The van der Waals surface area contributed by atoms with Crippen LogP contribution in [0, 0.1) is 12.3 Å². The Bertz CT molecular complexity index is 1200. The molecule has 0 saturated heterocycles. The number of esters is 1. The number of nitrogens with one attached hydrogen (secondary N) is 1. The lowest BCUT2D eigenvalue weighted by Crippen LogP contribution is -2.35. The standard InChI is InChI=1S/C22H17ClN4O3S/c1-3-18-26-27-19(24)15(20(28)25-22(27)31-18)10-13-6-9-17(16(23)11-13)30-21(29)14-7-4-12(2)5-8-14/h4-11,24H,3H2,1-2H3/b15-10+,24-19?. The zero-order valence-corrected chi connectivity index (χ0v) is 18.3. The lowest BCUT2D eigenvalue weighted by Gasteiger charge is -2.20. The van der Waals surface area contributed by atoms with Crippen LogP contribution in [0.2, 0.25) is 5.02 Å². The van der Waals surface area contributed by atoms with Crippen LogP contribution in [0.15, 0.2) is 58.1 Å². The number of halogens is 1. The highest BCUT2D eigenvalue weighted by Crippen LogP contribution is 2.31. The molecule has 0 spiro atoms. The lowest BCUT2D eigenvalue weighted by molar-refractivity contribution is -0.114. The van der Waals surface area contributed by atoms with Gasteiger partial charge in [-0.15, -0.1) is 0 Å². The third-order valence-electron chi connectivity index (χ3n) is 4.56. The van der Waals surface area contributed by atoms with Gasteiger partial charge in [0.1, 0.15) is 10.8 Å². The summed E-state index contributed by atoms with van der Waals surface area (Å²) in [6.45, 7) is 3.88. The Labute approximate surface area is 188 Å². The number of hydrogen-bond acceptors (Lipinski definition) is 6. The number of hydrazone groups is 1. The second-order valence-corrected chi connectivity index (χ2v) is 8.26. The highest BCUT2D eigenvalue weighted by molar-refractivity contribution is 8.26. The van der Waals surface area contributed by atoms with Crippen LogP contribution in [-0.4, -0.2) is 32.9 Å². The summed E-state index contributed by atoms with van der Waals surface area (Å²) < 4.78 is 5.39. The molecular formula is C22H17ClN4O3S. The van der Waals surface area contributed by atoms with E-state index in [1.165, 1.54) is 22.8 Å². The van der Waals surface area contributed by atoms with Gasteiger partial charge in [-0.1, -0.05) is 42.3 Å². The van der Waals surface area contributed by atoms with Crippen LogP contribution in [0.25, 0.3) is 6.08 Å². The van der Waals surface area contributed by atoms with Crippen molar-refractivity contribution in [3.63, 3.8) is 0 Å². The Hall–Kier alpha value is -3.23. The molecule has 2 aliphatic heterocycles. The summed E-state index contributed by atoms with van der Waals surface area (Å²) in [5.74, 6) is -0.873. The number of ether oxygens (including phenoxy) is 1. The first-order valence-electron chi connectivity index (χ1n) is 9.43. The van der Waals surface area contributed by atoms with Crippen LogP contribution >= 0.6 is 23.4 Å². The first-order chi connectivity index (χ1) is 14.9. The number of aryl methyl sites for hydroxylation is 1. The number of benzene rings is 2. The third-order valence-corrected chi connectivity index (χ3v) is 5.90. The van der Waals surface area contributed by atoms with Crippen molar-refractivity contribution in [2.75, 3.05) is 0 Å². The molecule has 156 valence electrons. The molecule has 2 aromatic rings. The molecule has 1 amide bonds. The average Bonchev–Trinajstić information content (AvgIpc) is 3.16. The van der Waals surface area contributed by atoms with Gasteiger partial charge in [-0.05, 0) is 61.0 Å². The normalized spacial score (nSPS) is 16.9. The molecule has 0 aliphatic carbocycles. The summed E-state index contributed by atoms with van der Waals surface area (Å²) in [6, 6.07) is 11.8. The molecule has 2 heterocycles. The minimum Gasteiger partial charge on any atom is -0.421 e. The van der Waals surface area contributed by atoms with Crippen LogP contribution in [0.5, 0.6) is 5.75 Å². The van der Waals surface area contributed by atoms with E-state index >= 15 is 0 Å². The molecule has 4 rings (SSSR count). The van der Waals surface area contributed by atoms with Gasteiger partial charge in [0.2, 0.25) is 5.17 Å². The first-order valence-corrected chi connectivity index (χ1v) is 10.6. The first kappa shape index (κ1) is 21.0. The molecule has 7 nitrogen and oxygen atoms in total. The maximum absolute atomic E-state index is 12.4. The van der Waals surface area contributed by atoms with E-state index in [0.717, 1.165) is 10.6 Å². The van der Waals surface area contributed by atoms with Gasteiger partial charge in [0, 0.05) is 0 Å². The van der Waals surface area contributed by atoms with Crippen LogP contribution < -0.4 is 4.74 Å². The fraction of sp³-hybridized carbons (Fsp3) is 0.136. The largest absolute Gasteiger partial charge is 0.421 e. The quantitative estimate of drug-likeness (QED) is 0.404. The summed E-state index contributed by atoms with van der Waals surface area (Å²) >= 11 is 7.58. The number of fused-ring (bicyclic) bond motifs is 1. The van der Waals surface area contributed by atoms with E-state index in [0.29, 0.717) is 22.7 Å². The third kappa shape index (κ3) is 4.30. The fourth-order valence-corrected chi connectivity index (χ4v) is 3.93. The van der Waals surface area contributed by atoms with Crippen LogP contribution in [0.3, 0.4) is 0 Å². The fourth-order valence-electron chi connectivity index (χ4n) is 2.88. The van der Waals surface area contributed by atoms with E-state index in [1.807, 2.05) is 26.0 Å². The predicted octanol–water partition coefficient (Wildman–Crippen LogP) is 4.90. The van der Waals surface area contributed by atoms with Crippen molar-refractivity contribution in [1.29, 1.82) is 5.41 Å². The molecule has 1 N–H and O–H groups in total. The van der Waals surface area contributed by atoms with Gasteiger partial charge >= 0.3 is 5.97 Å². The number of hydrogen-bond donors (Lipinski definition) is 1. The van der Waals surface area contributed by atoms with Crippen LogP contribution in [-0.2, 0) is 4.79 Å². The van der Waals surface area contributed by atoms with Gasteiger partial charge in [0.15, 0.2) is 5.84 Å². The maximum Gasteiger partial charge on any atom is 0.343 e. The Kier molecular flexibility index (Phi) is 5.75. The number of nitrogens with zero attached hydrogens (tertiary/aromatic N) is 3. The van der Waals surface area contributed by atoms with E-state index in [9.17, 15) is 9.59 Å². The van der Waals surface area contributed by atoms with Crippen molar-refractivity contribution in [3.8, 4) is 5.75 Å². The van der Waals surface area contributed by atoms with Gasteiger partial charge in [0.25, 0.3) is 5.91 Å². The number of aliphatic imine (C=N–C) groups is 1. The number of rotatable bonds is 4. The van der Waals surface area contributed by atoms with Crippen molar-refractivity contribution >= 4 is 57.4 Å². The van der Waals surface area contributed by atoms with Gasteiger partial charge in [-0.3, -0.25) is 10.2 Å². The summed E-state index contributed by atoms with van der Waals surface area (Å²) in [5.41, 5.74) is 2.12. The molecule has 0 unspecified atom stereocenters. The number of carbonyl (C=O) groups is 2. The van der Waals surface area contributed by atoms with E-state index in [2.05, 4.69) is 10.1 Å². The number of thioether (sulfide) groups is 1. The SMILES string of the molecule is CCC1=NN2C(=N)/C(=C\c3ccc(OC(=O)c4ccc(C)cc4)c(Cl)c3)C(=O)N=C2S1. The van der Waals surface area contributed by atoms with E-state index in [-0.39, 0.29) is 22.2 Å². The summed E-state index contributed by atoms with van der Waals surface area (Å²) in [4.78, 5) is 28.8. The highest BCUT2D eigenvalue weighted by atomic mass is 35.5. The molecule has 31 heavy (non-hydrogen) atoms. The summed E-state index contributed by atoms with van der Waals surface area (Å²) in [7, 11) is 0. The molecule has 0 bridgehead atoms. The summed E-state index contributed by atoms with van der Waals surface area (Å²) in [5, 5.41) is 15.4. The number of carbonyl (C=O) groups excluding carboxylic acids is 2. The topological polar surface area (TPSA) is 95.2 Å². The highest BCUT2D eigenvalue weighted by Gasteiger charge is 2.35. The molecule has 0 atom stereocenters. The van der Waals surface area contributed by atoms with Gasteiger partial charge < -0.3 is 4.74 Å². The van der Waals surface area contributed by atoms with E-state index in [1.54, 1.807) is 30.3 Å². The molecule has 2 aromatic carbocycles. The van der Waals surface area contributed by atoms with Crippen LogP contribution in [0.4, 0.5) is 0 Å². The monoisotopic (exact) mass is 452 g/mol. The summed E-state index contributed by atoms with van der Waals surface area (Å²) in [6.07, 6.45) is 2.21. The zero-order valence-electron chi connectivity index (χ0n) is 16.7. The number of amidine groups is 2. The Morgan fingerprint density at radius 1 is 1.26 bits per heavy atom. The molecule has 0 fully saturated rings. The molecule has 0 saturated carbocycles. The van der Waals surface area contributed by atoms with Gasteiger partial charge in [-0.2, -0.15) is 15.1 Å². The van der Waals surface area contributed by atoms with E-state index in [4.69, 9.17) is 21.7 Å². The Morgan fingerprint density at radius 3 is 2.68 bits per heavy atom. The second kappa shape index (κ2) is 8.49. The maximum atomic E-state index is 12.4. The Morgan fingerprint density at radius 2 is 2.00 bits per heavy atom. The molecular weight excluding hydrogens is 436 g/mol. The van der Waals surface area contributed by atoms with Crippen LogP contribution in [0.1, 0.15) is 34.8 Å². The minimum atomic E-state index is -0.518. The smallest absolute Gasteiger partial charge is 0.343 e. The Balaban J connectivity index is 1.55. The van der Waals surface area contributed by atoms with E-state index < -0.39 is 11.9 Å². The molecule has 0 radical (unpaired) electrons. The van der Waals surface area contributed by atoms with Crippen molar-refractivity contribution < 1.29 is 14.3 Å². The molecule has 0 aromatic heterocycles. The predicted molar refractivity (Wildman–Crippen MR) is 123 cm³/mol. The second-order valence-electron chi connectivity index (χ2n) is 6.81. The molecule has 2 aliphatic rings. The average molecular weight is 453 g/mol. The van der Waals surface area contributed by atoms with Crippen molar-refractivity contribution in [2.45, 2.75) is 20.3 Å². The van der Waals surface area contributed by atoms with Crippen molar-refractivity contribution in [1.82, 2.24) is 5.01 Å². The van der Waals surface area contributed by atoms with Gasteiger partial charge in [0.05, 0.1) is 16.2 Å². The lowest BCUT2D eigenvalue weighted by atomic mass is 10.1. The van der Waals surface area contributed by atoms with Crippen molar-refractivity contribution in [2.24, 2.45) is 10.1 Å². The van der Waals surface area contributed by atoms with Gasteiger partial charge in [-0.25, -0.2) is 4.79 Å².